The minimum absolute atomic E-state index is 0.390. The molecule has 0 unspecified atom stereocenters. The second kappa shape index (κ2) is 10.1. The molecule has 1 aromatic carbocycles. The van der Waals surface area contributed by atoms with Gasteiger partial charge in [-0.2, -0.15) is 0 Å². The molecular weight excluding hydrogens is 306 g/mol. The zero-order chi connectivity index (χ0) is 16.2. The molecular formula is C19H17NO2S. The lowest BCUT2D eigenvalue weighted by molar-refractivity contribution is 0.159. The van der Waals surface area contributed by atoms with Gasteiger partial charge in [-0.25, -0.2) is 4.79 Å². The Morgan fingerprint density at radius 3 is 2.74 bits per heavy atom. The van der Waals surface area contributed by atoms with E-state index in [9.17, 15) is 4.79 Å². The topological polar surface area (TPSA) is 38.3 Å². The first-order valence-corrected chi connectivity index (χ1v) is 8.24. The van der Waals surface area contributed by atoms with Crippen molar-refractivity contribution in [2.24, 2.45) is 0 Å². The Hall–Kier alpha value is -2.69. The molecule has 0 saturated heterocycles. The number of benzene rings is 1. The molecule has 0 bridgehead atoms. The monoisotopic (exact) mass is 323 g/mol. The standard InChI is InChI=1S/C19H17NO2S/c21-19(20-17-11-6-5-7-12-17)22-15-9-4-2-1-3-8-13-18-14-10-16-23-18/h5-7,10-12,14,16H,2,4,9,15H2,(H,20,21). The average molecular weight is 323 g/mol. The van der Waals surface area contributed by atoms with Crippen LogP contribution in [0.15, 0.2) is 47.8 Å². The van der Waals surface area contributed by atoms with Crippen molar-refractivity contribution in [2.75, 3.05) is 11.9 Å². The molecule has 0 aliphatic carbocycles. The molecule has 23 heavy (non-hydrogen) atoms. The molecule has 0 saturated carbocycles. The van der Waals surface area contributed by atoms with Gasteiger partial charge in [0.2, 0.25) is 0 Å². The maximum Gasteiger partial charge on any atom is 0.411 e. The number of hydrogen-bond donors (Lipinski definition) is 1. The van der Waals surface area contributed by atoms with E-state index in [-0.39, 0.29) is 0 Å². The van der Waals surface area contributed by atoms with Gasteiger partial charge in [-0.1, -0.05) is 30.2 Å². The van der Waals surface area contributed by atoms with Crippen LogP contribution in [-0.4, -0.2) is 12.7 Å². The summed E-state index contributed by atoms with van der Waals surface area (Å²) in [6.45, 7) is 0.390. The van der Waals surface area contributed by atoms with Crippen LogP contribution in [0.5, 0.6) is 0 Å². The number of unbranched alkanes of at least 4 members (excludes halogenated alkanes) is 2. The summed E-state index contributed by atoms with van der Waals surface area (Å²) in [4.78, 5) is 12.5. The number of carbonyl (C=O) groups excluding carboxylic acids is 1. The summed E-state index contributed by atoms with van der Waals surface area (Å²) in [7, 11) is 0. The summed E-state index contributed by atoms with van der Waals surface area (Å²) >= 11 is 1.61. The van der Waals surface area contributed by atoms with Crippen LogP contribution >= 0.6 is 11.3 Å². The van der Waals surface area contributed by atoms with Crippen LogP contribution in [0.2, 0.25) is 0 Å². The Labute approximate surface area is 140 Å². The molecule has 3 nitrogen and oxygen atoms in total. The fourth-order valence-corrected chi connectivity index (χ4v) is 2.28. The fraction of sp³-hybridized carbons (Fsp3) is 0.211. The molecule has 2 aromatic rings. The lowest BCUT2D eigenvalue weighted by atomic mass is 10.2. The molecule has 1 amide bonds. The summed E-state index contributed by atoms with van der Waals surface area (Å²) in [5.74, 6) is 11.6. The van der Waals surface area contributed by atoms with Crippen molar-refractivity contribution in [3.05, 3.63) is 52.7 Å². The molecule has 0 radical (unpaired) electrons. The molecule has 1 aromatic heterocycles. The predicted molar refractivity (Wildman–Crippen MR) is 94.2 cm³/mol. The Kier molecular flexibility index (Phi) is 7.33. The lowest BCUT2D eigenvalue weighted by Crippen LogP contribution is -2.14. The highest BCUT2D eigenvalue weighted by Crippen LogP contribution is 2.06. The molecule has 1 N–H and O–H groups in total. The highest BCUT2D eigenvalue weighted by atomic mass is 32.1. The summed E-state index contributed by atoms with van der Waals surface area (Å²) in [6, 6.07) is 13.2. The van der Waals surface area contributed by atoms with Gasteiger partial charge >= 0.3 is 6.09 Å². The highest BCUT2D eigenvalue weighted by molar-refractivity contribution is 7.10. The minimum Gasteiger partial charge on any atom is -0.449 e. The van der Waals surface area contributed by atoms with Gasteiger partial charge in [0.1, 0.15) is 0 Å². The van der Waals surface area contributed by atoms with Crippen molar-refractivity contribution >= 4 is 23.1 Å². The number of para-hydroxylation sites is 1. The maximum absolute atomic E-state index is 11.5. The highest BCUT2D eigenvalue weighted by Gasteiger charge is 2.01. The van der Waals surface area contributed by atoms with Crippen LogP contribution in [0.1, 0.15) is 24.1 Å². The van der Waals surface area contributed by atoms with Gasteiger partial charge in [-0.05, 0) is 54.2 Å². The van der Waals surface area contributed by atoms with Gasteiger partial charge in [-0.3, -0.25) is 5.32 Å². The first-order chi connectivity index (χ1) is 11.3. The van der Waals surface area contributed by atoms with Crippen LogP contribution in [0, 0.1) is 23.7 Å². The Balaban J connectivity index is 1.53. The minimum atomic E-state index is -0.427. The molecule has 2 rings (SSSR count). The number of thiophene rings is 1. The van der Waals surface area contributed by atoms with Gasteiger partial charge in [0.05, 0.1) is 11.5 Å². The number of anilines is 1. The van der Waals surface area contributed by atoms with Crippen LogP contribution in [0.3, 0.4) is 0 Å². The first kappa shape index (κ1) is 16.7. The van der Waals surface area contributed by atoms with Gasteiger partial charge in [-0.15, -0.1) is 11.3 Å². The number of amides is 1. The van der Waals surface area contributed by atoms with Crippen molar-refractivity contribution in [1.29, 1.82) is 0 Å². The van der Waals surface area contributed by atoms with E-state index in [1.165, 1.54) is 0 Å². The first-order valence-electron chi connectivity index (χ1n) is 7.36. The van der Waals surface area contributed by atoms with Gasteiger partial charge < -0.3 is 4.74 Å². The van der Waals surface area contributed by atoms with E-state index in [4.69, 9.17) is 4.74 Å². The lowest BCUT2D eigenvalue weighted by Gasteiger charge is -2.05. The summed E-state index contributed by atoms with van der Waals surface area (Å²) < 4.78 is 5.10. The summed E-state index contributed by atoms with van der Waals surface area (Å²) in [5.41, 5.74) is 0.729. The molecule has 0 spiro atoms. The van der Waals surface area contributed by atoms with Gasteiger partial charge in [0.25, 0.3) is 0 Å². The number of nitrogens with one attached hydrogen (secondary N) is 1. The zero-order valence-corrected chi connectivity index (χ0v) is 13.5. The van der Waals surface area contributed by atoms with Crippen molar-refractivity contribution < 1.29 is 9.53 Å². The van der Waals surface area contributed by atoms with E-state index in [2.05, 4.69) is 29.0 Å². The van der Waals surface area contributed by atoms with E-state index >= 15 is 0 Å². The van der Waals surface area contributed by atoms with Gasteiger partial charge in [0, 0.05) is 12.1 Å². The predicted octanol–water partition coefficient (Wildman–Crippen LogP) is 4.52. The smallest absolute Gasteiger partial charge is 0.411 e. The summed E-state index contributed by atoms with van der Waals surface area (Å²) in [6.07, 6.45) is 1.99. The molecule has 0 fully saturated rings. The quantitative estimate of drug-likeness (QED) is 0.649. The fourth-order valence-electron chi connectivity index (χ4n) is 1.70. The number of ether oxygens (including phenoxy) is 1. The molecule has 0 aliphatic heterocycles. The maximum atomic E-state index is 11.5. The Morgan fingerprint density at radius 2 is 1.96 bits per heavy atom. The van der Waals surface area contributed by atoms with Crippen molar-refractivity contribution in [1.82, 2.24) is 0 Å². The van der Waals surface area contributed by atoms with Crippen LogP contribution < -0.4 is 5.32 Å². The number of carbonyl (C=O) groups is 1. The van der Waals surface area contributed by atoms with Crippen LogP contribution in [0.25, 0.3) is 0 Å². The van der Waals surface area contributed by atoms with Crippen molar-refractivity contribution in [3.63, 3.8) is 0 Å². The molecule has 0 aliphatic rings. The van der Waals surface area contributed by atoms with Crippen LogP contribution in [0.4, 0.5) is 10.5 Å². The average Bonchev–Trinajstić information content (AvgIpc) is 3.07. The number of hydrogen-bond acceptors (Lipinski definition) is 3. The largest absolute Gasteiger partial charge is 0.449 e. The normalized spacial score (nSPS) is 9.04. The van der Waals surface area contributed by atoms with Crippen LogP contribution in [-0.2, 0) is 4.74 Å². The molecule has 1 heterocycles. The van der Waals surface area contributed by atoms with E-state index in [1.807, 2.05) is 47.8 Å². The van der Waals surface area contributed by atoms with E-state index in [0.29, 0.717) is 6.61 Å². The third-order valence-electron chi connectivity index (χ3n) is 2.81. The van der Waals surface area contributed by atoms with Gasteiger partial charge in [0.15, 0.2) is 0 Å². The third-order valence-corrected chi connectivity index (χ3v) is 3.59. The second-order valence-electron chi connectivity index (χ2n) is 4.61. The van der Waals surface area contributed by atoms with E-state index in [1.54, 1.807) is 11.3 Å². The second-order valence-corrected chi connectivity index (χ2v) is 5.56. The SMILES string of the molecule is O=C(Nc1ccccc1)OCCCCC#CC#Cc1cccs1. The number of rotatable bonds is 5. The third kappa shape index (κ3) is 7.22. The summed E-state index contributed by atoms with van der Waals surface area (Å²) in [5, 5.41) is 4.66. The van der Waals surface area contributed by atoms with E-state index in [0.717, 1.165) is 29.8 Å². The van der Waals surface area contributed by atoms with Crippen molar-refractivity contribution in [2.45, 2.75) is 19.3 Å². The molecule has 0 atom stereocenters. The Morgan fingerprint density at radius 1 is 1.09 bits per heavy atom. The molecule has 116 valence electrons. The van der Waals surface area contributed by atoms with Crippen molar-refractivity contribution in [3.8, 4) is 23.7 Å². The zero-order valence-electron chi connectivity index (χ0n) is 12.7. The molecule has 4 heteroatoms. The van der Waals surface area contributed by atoms with E-state index < -0.39 is 6.09 Å². The Bertz CT molecular complexity index is 715.